The molecule has 0 saturated carbocycles. The lowest BCUT2D eigenvalue weighted by Gasteiger charge is -2.26. The normalized spacial score (nSPS) is 17.5. The second-order valence-electron chi connectivity index (χ2n) is 7.62. The third kappa shape index (κ3) is 5.28. The summed E-state index contributed by atoms with van der Waals surface area (Å²) in [6, 6.07) is 3.89. The molecule has 0 saturated heterocycles. The molecule has 3 heterocycles. The number of nitrogens with one attached hydrogen (secondary N) is 2. The zero-order valence-electron chi connectivity index (χ0n) is 17.1. The molecule has 4 rings (SSSR count). The number of aliphatic hydroxyl groups is 1. The Morgan fingerprint density at radius 3 is 3.06 bits per heavy atom. The maximum Gasteiger partial charge on any atom is 0.303 e. The molecular weight excluding hydrogens is 400 g/mol. The van der Waals surface area contributed by atoms with Gasteiger partial charge in [-0.05, 0) is 49.8 Å². The Balaban J connectivity index is 1.38. The van der Waals surface area contributed by atoms with Crippen molar-refractivity contribution in [3.8, 4) is 0 Å². The second kappa shape index (κ2) is 9.71. The molecule has 0 bridgehead atoms. The fourth-order valence-corrected chi connectivity index (χ4v) is 3.79. The average Bonchev–Trinajstić information content (AvgIpc) is 3.45. The maximum atomic E-state index is 10.6. The molecule has 164 valence electrons. The molecule has 0 fully saturated rings. The number of furan rings is 1. The minimum atomic E-state index is -0.840. The van der Waals surface area contributed by atoms with Crippen molar-refractivity contribution in [2.24, 2.45) is 0 Å². The summed E-state index contributed by atoms with van der Waals surface area (Å²) in [7, 11) is 0. The van der Waals surface area contributed by atoms with E-state index in [4.69, 9.17) is 9.52 Å². The predicted molar refractivity (Wildman–Crippen MR) is 113 cm³/mol. The molecule has 0 amide bonds. The second-order valence-corrected chi connectivity index (χ2v) is 7.62. The van der Waals surface area contributed by atoms with Gasteiger partial charge in [0.1, 0.15) is 18.3 Å². The Kier molecular flexibility index (Phi) is 6.58. The highest BCUT2D eigenvalue weighted by atomic mass is 16.4. The maximum absolute atomic E-state index is 10.6. The molecule has 2 unspecified atom stereocenters. The monoisotopic (exact) mass is 426 g/mol. The molecule has 3 aromatic heterocycles. The van der Waals surface area contributed by atoms with E-state index >= 15 is 0 Å². The van der Waals surface area contributed by atoms with Gasteiger partial charge in [0.2, 0.25) is 5.95 Å². The quantitative estimate of drug-likeness (QED) is 0.360. The molecule has 4 N–H and O–H groups in total. The van der Waals surface area contributed by atoms with E-state index in [9.17, 15) is 9.90 Å². The van der Waals surface area contributed by atoms with Crippen LogP contribution in [0, 0.1) is 0 Å². The number of carboxylic acid groups (broad SMARTS) is 1. The van der Waals surface area contributed by atoms with Crippen molar-refractivity contribution in [1.29, 1.82) is 0 Å². The van der Waals surface area contributed by atoms with Gasteiger partial charge in [-0.3, -0.25) is 14.5 Å². The lowest BCUT2D eigenvalue weighted by molar-refractivity contribution is -0.137. The van der Waals surface area contributed by atoms with E-state index < -0.39 is 12.2 Å². The third-order valence-corrected chi connectivity index (χ3v) is 5.39. The molecule has 10 heteroatoms. The summed E-state index contributed by atoms with van der Waals surface area (Å²) in [5, 5.41) is 33.6. The fraction of sp³-hybridized carbons (Fsp3) is 0.429. The number of aliphatic hydroxyl groups excluding tert-OH is 1. The lowest BCUT2D eigenvalue weighted by Crippen LogP contribution is -2.39. The molecule has 2 atom stereocenters. The summed E-state index contributed by atoms with van der Waals surface area (Å²) in [6.07, 6.45) is 9.94. The van der Waals surface area contributed by atoms with E-state index in [0.717, 1.165) is 41.8 Å². The molecular formula is C21H26N6O4. The van der Waals surface area contributed by atoms with Crippen LogP contribution in [-0.2, 0) is 11.3 Å². The first kappa shape index (κ1) is 21.0. The minimum Gasteiger partial charge on any atom is -0.481 e. The van der Waals surface area contributed by atoms with Gasteiger partial charge >= 0.3 is 5.97 Å². The van der Waals surface area contributed by atoms with Crippen LogP contribution >= 0.6 is 0 Å². The summed E-state index contributed by atoms with van der Waals surface area (Å²) in [5.74, 6) is 0.611. The van der Waals surface area contributed by atoms with Crippen molar-refractivity contribution >= 4 is 23.1 Å². The number of nitrogens with zero attached hydrogens (tertiary/aromatic N) is 4. The molecule has 0 radical (unpaired) electrons. The summed E-state index contributed by atoms with van der Waals surface area (Å²) in [5.41, 5.74) is 2.84. The van der Waals surface area contributed by atoms with Crippen LogP contribution in [-0.4, -0.2) is 48.0 Å². The highest BCUT2D eigenvalue weighted by Crippen LogP contribution is 2.30. The van der Waals surface area contributed by atoms with Gasteiger partial charge in [0.05, 0.1) is 12.8 Å². The van der Waals surface area contributed by atoms with Gasteiger partial charge in [0, 0.05) is 24.2 Å². The SMILES string of the molecule is O=C(O)CCCC(O)NC1CC=C(c2cnc(NCc3ccco3)n3cnnc23)CC1. The van der Waals surface area contributed by atoms with Crippen LogP contribution in [0.4, 0.5) is 5.95 Å². The van der Waals surface area contributed by atoms with E-state index in [2.05, 4.69) is 31.9 Å². The van der Waals surface area contributed by atoms with Gasteiger partial charge in [0.15, 0.2) is 5.65 Å². The van der Waals surface area contributed by atoms with Gasteiger partial charge in [-0.15, -0.1) is 10.2 Å². The van der Waals surface area contributed by atoms with Gasteiger partial charge < -0.3 is 19.9 Å². The van der Waals surface area contributed by atoms with Crippen molar-refractivity contribution < 1.29 is 19.4 Å². The lowest BCUT2D eigenvalue weighted by atomic mass is 9.91. The molecule has 0 spiro atoms. The largest absolute Gasteiger partial charge is 0.481 e. The Labute approximate surface area is 179 Å². The summed E-state index contributed by atoms with van der Waals surface area (Å²) < 4.78 is 7.18. The van der Waals surface area contributed by atoms with Crippen LogP contribution in [0.25, 0.3) is 11.2 Å². The standard InChI is InChI=1S/C21H26N6O4/c28-18(4-1-5-19(29)30)25-15-8-6-14(7-9-15)17-12-23-21(27-13-24-26-20(17)27)22-11-16-3-2-10-31-16/h2-3,6,10,12-13,15,18,25,28H,1,4-5,7-9,11H2,(H,22,23)(H,29,30). The van der Waals surface area contributed by atoms with E-state index in [1.165, 1.54) is 0 Å². The van der Waals surface area contributed by atoms with Crippen molar-refractivity contribution in [2.45, 2.75) is 57.3 Å². The van der Waals surface area contributed by atoms with Gasteiger partial charge in [-0.1, -0.05) is 6.08 Å². The van der Waals surface area contributed by atoms with Crippen LogP contribution in [0.15, 0.2) is 41.4 Å². The number of carbonyl (C=O) groups is 1. The number of hydrogen-bond acceptors (Lipinski definition) is 8. The molecule has 0 aliphatic heterocycles. The Hall–Kier alpha value is -3.24. The molecule has 1 aliphatic rings. The van der Waals surface area contributed by atoms with Crippen LogP contribution in [0.2, 0.25) is 0 Å². The van der Waals surface area contributed by atoms with Gasteiger partial charge in [0.25, 0.3) is 0 Å². The van der Waals surface area contributed by atoms with E-state index in [-0.39, 0.29) is 12.5 Å². The Morgan fingerprint density at radius 1 is 1.42 bits per heavy atom. The Morgan fingerprint density at radius 2 is 2.32 bits per heavy atom. The zero-order chi connectivity index (χ0) is 21.6. The zero-order valence-corrected chi connectivity index (χ0v) is 17.1. The van der Waals surface area contributed by atoms with E-state index in [0.29, 0.717) is 25.3 Å². The number of allylic oxidation sites excluding steroid dienone is 1. The first-order valence-electron chi connectivity index (χ1n) is 10.4. The number of anilines is 1. The third-order valence-electron chi connectivity index (χ3n) is 5.39. The van der Waals surface area contributed by atoms with Crippen molar-refractivity contribution in [2.75, 3.05) is 5.32 Å². The number of carboxylic acids is 1. The molecule has 31 heavy (non-hydrogen) atoms. The van der Waals surface area contributed by atoms with Crippen molar-refractivity contribution in [1.82, 2.24) is 24.9 Å². The average molecular weight is 426 g/mol. The van der Waals surface area contributed by atoms with Crippen molar-refractivity contribution in [3.63, 3.8) is 0 Å². The highest BCUT2D eigenvalue weighted by molar-refractivity contribution is 5.76. The van der Waals surface area contributed by atoms with Crippen LogP contribution in [0.1, 0.15) is 49.8 Å². The smallest absolute Gasteiger partial charge is 0.303 e. The van der Waals surface area contributed by atoms with Crippen molar-refractivity contribution in [3.05, 3.63) is 48.3 Å². The summed E-state index contributed by atoms with van der Waals surface area (Å²) in [4.78, 5) is 15.1. The first-order chi connectivity index (χ1) is 15.1. The topological polar surface area (TPSA) is 138 Å². The molecule has 1 aliphatic carbocycles. The van der Waals surface area contributed by atoms with Gasteiger partial charge in [-0.2, -0.15) is 0 Å². The number of aromatic nitrogens is 4. The predicted octanol–water partition coefficient (Wildman–Crippen LogP) is 2.43. The number of rotatable bonds is 10. The summed E-state index contributed by atoms with van der Waals surface area (Å²) in [6.45, 7) is 0.511. The van der Waals surface area contributed by atoms with Gasteiger partial charge in [-0.25, -0.2) is 4.98 Å². The number of fused-ring (bicyclic) bond motifs is 1. The van der Waals surface area contributed by atoms with E-state index in [1.54, 1.807) is 12.6 Å². The van der Waals surface area contributed by atoms with Crippen LogP contribution in [0.5, 0.6) is 0 Å². The Bertz CT molecular complexity index is 1050. The summed E-state index contributed by atoms with van der Waals surface area (Å²) >= 11 is 0. The first-order valence-corrected chi connectivity index (χ1v) is 10.4. The van der Waals surface area contributed by atoms with Crippen LogP contribution < -0.4 is 10.6 Å². The van der Waals surface area contributed by atoms with E-state index in [1.807, 2.05) is 22.7 Å². The minimum absolute atomic E-state index is 0.0706. The number of hydrogen-bond donors (Lipinski definition) is 4. The fourth-order valence-electron chi connectivity index (χ4n) is 3.79. The van der Waals surface area contributed by atoms with Crippen LogP contribution in [0.3, 0.4) is 0 Å². The highest BCUT2D eigenvalue weighted by Gasteiger charge is 2.20. The molecule has 10 nitrogen and oxygen atoms in total. The molecule has 3 aromatic rings. The number of aliphatic carboxylic acids is 1. The molecule has 0 aromatic carbocycles.